The number of para-hydroxylation sites is 1. The first-order valence-electron chi connectivity index (χ1n) is 11.0. The summed E-state index contributed by atoms with van der Waals surface area (Å²) in [4.78, 5) is 29.8. The van der Waals surface area contributed by atoms with Gasteiger partial charge in [0.1, 0.15) is 6.54 Å². The number of anilines is 1. The molecule has 0 atom stereocenters. The van der Waals surface area contributed by atoms with Gasteiger partial charge < -0.3 is 9.30 Å². The van der Waals surface area contributed by atoms with Crippen LogP contribution in [0.3, 0.4) is 0 Å². The molecule has 0 saturated heterocycles. The van der Waals surface area contributed by atoms with Gasteiger partial charge in [-0.05, 0) is 67.4 Å². The van der Waals surface area contributed by atoms with Crippen LogP contribution in [0.4, 0.5) is 5.69 Å². The van der Waals surface area contributed by atoms with E-state index in [1.54, 1.807) is 28.8 Å². The average molecular weight is 524 g/mol. The molecule has 8 nitrogen and oxygen atoms in total. The molecule has 0 aliphatic carbocycles. The van der Waals surface area contributed by atoms with Crippen LogP contribution in [0, 0.1) is 13.8 Å². The summed E-state index contributed by atoms with van der Waals surface area (Å²) >= 11 is 1.30. The largest absolute Gasteiger partial charge is 0.468 e. The van der Waals surface area contributed by atoms with Crippen LogP contribution in [0.2, 0.25) is 0 Å². The topological polar surface area (TPSA) is 98.0 Å². The van der Waals surface area contributed by atoms with E-state index in [1.165, 1.54) is 54.1 Å². The minimum atomic E-state index is -3.80. The number of carbonyl (C=O) groups is 2. The van der Waals surface area contributed by atoms with Crippen molar-refractivity contribution in [2.24, 2.45) is 4.99 Å². The molecule has 4 aromatic rings. The summed E-state index contributed by atoms with van der Waals surface area (Å²) in [7, 11) is -1.02. The number of benzene rings is 3. The number of carbonyl (C=O) groups excluding carboxylic acids is 2. The SMILES string of the molecule is COC(=O)Cn1c(=NC(=O)c2ccc(S(=O)(=O)N(C)c3ccccc3)cc2)sc2cc(C)cc(C)c21. The molecule has 0 aliphatic rings. The van der Waals surface area contributed by atoms with E-state index in [2.05, 4.69) is 4.99 Å². The molecule has 0 saturated carbocycles. The third-order valence-corrected chi connectivity index (χ3v) is 8.53. The first-order chi connectivity index (χ1) is 17.1. The number of rotatable bonds is 6. The Morgan fingerprint density at radius 3 is 2.33 bits per heavy atom. The first-order valence-corrected chi connectivity index (χ1v) is 13.3. The van der Waals surface area contributed by atoms with Crippen molar-refractivity contribution in [3.05, 3.63) is 88.2 Å². The lowest BCUT2D eigenvalue weighted by Crippen LogP contribution is -2.26. The van der Waals surface area contributed by atoms with Crippen LogP contribution in [0.15, 0.2) is 76.6 Å². The minimum Gasteiger partial charge on any atom is -0.468 e. The molecule has 36 heavy (non-hydrogen) atoms. The average Bonchev–Trinajstić information content (AvgIpc) is 3.20. The van der Waals surface area contributed by atoms with Crippen molar-refractivity contribution in [1.82, 2.24) is 4.57 Å². The molecule has 0 spiro atoms. The van der Waals surface area contributed by atoms with E-state index in [9.17, 15) is 18.0 Å². The van der Waals surface area contributed by atoms with E-state index in [4.69, 9.17) is 4.74 Å². The van der Waals surface area contributed by atoms with Gasteiger partial charge in [-0.15, -0.1) is 0 Å². The Morgan fingerprint density at radius 1 is 1.03 bits per heavy atom. The van der Waals surface area contributed by atoms with Crippen molar-refractivity contribution in [2.45, 2.75) is 25.3 Å². The van der Waals surface area contributed by atoms with Crippen LogP contribution in [0.25, 0.3) is 10.2 Å². The molecule has 10 heteroatoms. The highest BCUT2D eigenvalue weighted by Crippen LogP contribution is 2.24. The summed E-state index contributed by atoms with van der Waals surface area (Å²) in [5.74, 6) is -1.00. The van der Waals surface area contributed by atoms with Gasteiger partial charge in [0.25, 0.3) is 15.9 Å². The van der Waals surface area contributed by atoms with Gasteiger partial charge in [0, 0.05) is 12.6 Å². The summed E-state index contributed by atoms with van der Waals surface area (Å²) in [5.41, 5.74) is 3.58. The van der Waals surface area contributed by atoms with Crippen molar-refractivity contribution >= 4 is 49.1 Å². The zero-order chi connectivity index (χ0) is 26.0. The lowest BCUT2D eigenvalue weighted by Gasteiger charge is -2.19. The van der Waals surface area contributed by atoms with Crippen molar-refractivity contribution in [3.63, 3.8) is 0 Å². The van der Waals surface area contributed by atoms with E-state index in [1.807, 2.05) is 32.0 Å². The highest BCUT2D eigenvalue weighted by atomic mass is 32.2. The van der Waals surface area contributed by atoms with E-state index >= 15 is 0 Å². The third-order valence-electron chi connectivity index (χ3n) is 5.70. The molecule has 0 aliphatic heterocycles. The molecule has 1 aromatic heterocycles. The second kappa shape index (κ2) is 10.1. The van der Waals surface area contributed by atoms with Crippen LogP contribution >= 0.6 is 11.3 Å². The Bertz CT molecular complexity index is 1620. The zero-order valence-corrected chi connectivity index (χ0v) is 21.9. The second-order valence-electron chi connectivity index (χ2n) is 8.22. The smallest absolute Gasteiger partial charge is 0.325 e. The number of fused-ring (bicyclic) bond motifs is 1. The number of aryl methyl sites for hydroxylation is 2. The number of methoxy groups -OCH3 is 1. The Morgan fingerprint density at radius 2 is 1.69 bits per heavy atom. The normalized spacial score (nSPS) is 12.1. The number of sulfonamides is 1. The number of esters is 1. The Kier molecular flexibility index (Phi) is 7.09. The fourth-order valence-corrected chi connectivity index (χ4v) is 6.27. The number of hydrogen-bond acceptors (Lipinski definition) is 6. The predicted molar refractivity (Wildman–Crippen MR) is 140 cm³/mol. The molecule has 0 bridgehead atoms. The van der Waals surface area contributed by atoms with Crippen LogP contribution in [-0.2, 0) is 26.1 Å². The molecule has 4 rings (SSSR count). The van der Waals surface area contributed by atoms with Crippen molar-refractivity contribution in [1.29, 1.82) is 0 Å². The number of amides is 1. The van der Waals surface area contributed by atoms with Gasteiger partial charge >= 0.3 is 5.97 Å². The lowest BCUT2D eigenvalue weighted by molar-refractivity contribution is -0.141. The van der Waals surface area contributed by atoms with Gasteiger partial charge in [-0.2, -0.15) is 4.99 Å². The van der Waals surface area contributed by atoms with E-state index in [0.29, 0.717) is 10.5 Å². The van der Waals surface area contributed by atoms with Gasteiger partial charge in [-0.3, -0.25) is 13.9 Å². The number of thiazole rings is 1. The van der Waals surface area contributed by atoms with Gasteiger partial charge in [-0.1, -0.05) is 35.6 Å². The number of nitrogens with zero attached hydrogens (tertiary/aromatic N) is 3. The summed E-state index contributed by atoms with van der Waals surface area (Å²) in [5, 5.41) is 0. The molecule has 186 valence electrons. The molecule has 0 N–H and O–H groups in total. The monoisotopic (exact) mass is 523 g/mol. The molecular formula is C26H25N3O5S2. The number of aromatic nitrogens is 1. The Labute approximate surface area is 213 Å². The maximum atomic E-state index is 13.0. The molecule has 0 unspecified atom stereocenters. The summed E-state index contributed by atoms with van der Waals surface area (Å²) in [6, 6.07) is 18.3. The van der Waals surface area contributed by atoms with Crippen molar-refractivity contribution in [3.8, 4) is 0 Å². The fraction of sp³-hybridized carbons (Fsp3) is 0.192. The standard InChI is InChI=1S/C26H25N3O5S2/c1-17-14-18(2)24-22(15-17)35-26(29(24)16-23(30)34-4)27-25(31)19-10-12-21(13-11-19)36(32,33)28(3)20-8-6-5-7-9-20/h5-15H,16H2,1-4H3. The molecule has 0 fully saturated rings. The first kappa shape index (κ1) is 25.3. The third kappa shape index (κ3) is 4.95. The highest BCUT2D eigenvalue weighted by molar-refractivity contribution is 7.92. The summed E-state index contributed by atoms with van der Waals surface area (Å²) < 4.78 is 34.6. The quantitative estimate of drug-likeness (QED) is 0.355. The van der Waals surface area contributed by atoms with Gasteiger partial charge in [-0.25, -0.2) is 8.42 Å². The van der Waals surface area contributed by atoms with Crippen LogP contribution in [-0.4, -0.2) is 39.0 Å². The van der Waals surface area contributed by atoms with E-state index in [-0.39, 0.29) is 17.0 Å². The van der Waals surface area contributed by atoms with Crippen molar-refractivity contribution < 1.29 is 22.7 Å². The second-order valence-corrected chi connectivity index (χ2v) is 11.2. The maximum absolute atomic E-state index is 13.0. The Hall–Kier alpha value is -3.76. The van der Waals surface area contributed by atoms with E-state index in [0.717, 1.165) is 21.3 Å². The summed E-state index contributed by atoms with van der Waals surface area (Å²) in [6.45, 7) is 3.83. The van der Waals surface area contributed by atoms with Crippen LogP contribution < -0.4 is 9.11 Å². The van der Waals surface area contributed by atoms with Crippen LogP contribution in [0.5, 0.6) is 0 Å². The molecule has 0 radical (unpaired) electrons. The molecule has 3 aromatic carbocycles. The predicted octanol–water partition coefficient (Wildman–Crippen LogP) is 4.06. The number of hydrogen-bond donors (Lipinski definition) is 0. The van der Waals surface area contributed by atoms with Crippen molar-refractivity contribution in [2.75, 3.05) is 18.5 Å². The summed E-state index contributed by atoms with van der Waals surface area (Å²) in [6.07, 6.45) is 0. The molecular weight excluding hydrogens is 498 g/mol. The number of ether oxygens (including phenoxy) is 1. The van der Waals surface area contributed by atoms with Gasteiger partial charge in [0.15, 0.2) is 4.80 Å². The maximum Gasteiger partial charge on any atom is 0.325 e. The van der Waals surface area contributed by atoms with Gasteiger partial charge in [0.2, 0.25) is 0 Å². The Balaban J connectivity index is 1.70. The molecule has 1 heterocycles. The van der Waals surface area contributed by atoms with Crippen LogP contribution in [0.1, 0.15) is 21.5 Å². The molecule has 1 amide bonds. The zero-order valence-electron chi connectivity index (χ0n) is 20.3. The minimum absolute atomic E-state index is 0.0547. The van der Waals surface area contributed by atoms with Gasteiger partial charge in [0.05, 0.1) is 27.9 Å². The lowest BCUT2D eigenvalue weighted by atomic mass is 10.1. The highest BCUT2D eigenvalue weighted by Gasteiger charge is 2.22. The fourth-order valence-electron chi connectivity index (χ4n) is 3.87. The van der Waals surface area contributed by atoms with E-state index < -0.39 is 21.9 Å².